The Morgan fingerprint density at radius 3 is 3.05 bits per heavy atom. The maximum absolute atomic E-state index is 13.1. The fraction of sp³-hybridized carbons (Fsp3) is 0.0769. The molecule has 0 saturated heterocycles. The fourth-order valence-electron chi connectivity index (χ4n) is 1.60. The van der Waals surface area contributed by atoms with Crippen LogP contribution in [0.15, 0.2) is 44.4 Å². The number of rotatable bonds is 4. The molecule has 2 N–H and O–H groups in total. The van der Waals surface area contributed by atoms with Crippen molar-refractivity contribution in [2.24, 2.45) is 0 Å². The van der Waals surface area contributed by atoms with E-state index in [1.54, 1.807) is 17.4 Å². The van der Waals surface area contributed by atoms with E-state index in [4.69, 9.17) is 10.3 Å². The first-order valence-corrected chi connectivity index (χ1v) is 7.68. The Kier molecular flexibility index (Phi) is 3.70. The summed E-state index contributed by atoms with van der Waals surface area (Å²) in [5.74, 6) is 1.19. The average molecular weight is 307 g/mol. The SMILES string of the molecule is Nc1ccc(F)cc1SCc1nc(-c2ccsc2)no1. The second kappa shape index (κ2) is 5.64. The third kappa shape index (κ3) is 2.83. The van der Waals surface area contributed by atoms with Crippen molar-refractivity contribution in [3.05, 3.63) is 46.7 Å². The van der Waals surface area contributed by atoms with Crippen LogP contribution in [0.5, 0.6) is 0 Å². The number of thiophene rings is 1. The summed E-state index contributed by atoms with van der Waals surface area (Å²) < 4.78 is 18.3. The molecule has 2 aromatic heterocycles. The average Bonchev–Trinajstić information content (AvgIpc) is 3.09. The Balaban J connectivity index is 1.71. The van der Waals surface area contributed by atoms with Gasteiger partial charge in [-0.2, -0.15) is 16.3 Å². The number of halogens is 1. The molecular formula is C13H10FN3OS2. The minimum atomic E-state index is -0.314. The Hall–Kier alpha value is -1.86. The summed E-state index contributed by atoms with van der Waals surface area (Å²) >= 11 is 2.94. The molecule has 7 heteroatoms. The highest BCUT2D eigenvalue weighted by Gasteiger charge is 2.10. The van der Waals surface area contributed by atoms with Crippen molar-refractivity contribution in [1.82, 2.24) is 10.1 Å². The molecule has 0 aliphatic rings. The first kappa shape index (κ1) is 13.1. The molecule has 0 unspecified atom stereocenters. The van der Waals surface area contributed by atoms with Crippen LogP contribution < -0.4 is 5.73 Å². The molecule has 0 radical (unpaired) electrons. The molecule has 20 heavy (non-hydrogen) atoms. The first-order chi connectivity index (χ1) is 9.72. The van der Waals surface area contributed by atoms with Gasteiger partial charge >= 0.3 is 0 Å². The number of nitrogens with zero attached hydrogens (tertiary/aromatic N) is 2. The van der Waals surface area contributed by atoms with Gasteiger partial charge in [0.1, 0.15) is 5.82 Å². The lowest BCUT2D eigenvalue weighted by Gasteiger charge is -2.02. The lowest BCUT2D eigenvalue weighted by atomic mass is 10.3. The summed E-state index contributed by atoms with van der Waals surface area (Å²) in [6, 6.07) is 6.20. The van der Waals surface area contributed by atoms with E-state index in [2.05, 4.69) is 10.1 Å². The maximum atomic E-state index is 13.1. The molecule has 0 atom stereocenters. The lowest BCUT2D eigenvalue weighted by molar-refractivity contribution is 0.391. The van der Waals surface area contributed by atoms with Crippen molar-refractivity contribution in [2.75, 3.05) is 5.73 Å². The number of nitrogens with two attached hydrogens (primary N) is 1. The van der Waals surface area contributed by atoms with Gasteiger partial charge in [-0.25, -0.2) is 4.39 Å². The minimum Gasteiger partial charge on any atom is -0.398 e. The van der Waals surface area contributed by atoms with Crippen molar-refractivity contribution >= 4 is 28.8 Å². The number of benzene rings is 1. The number of thioether (sulfide) groups is 1. The highest BCUT2D eigenvalue weighted by Crippen LogP contribution is 2.29. The third-order valence-corrected chi connectivity index (χ3v) is 4.31. The van der Waals surface area contributed by atoms with E-state index in [-0.39, 0.29) is 5.82 Å². The molecular weight excluding hydrogens is 297 g/mol. The van der Waals surface area contributed by atoms with Gasteiger partial charge in [0.05, 0.1) is 5.75 Å². The van der Waals surface area contributed by atoms with Crippen LogP contribution in [0.25, 0.3) is 11.4 Å². The van der Waals surface area contributed by atoms with Crippen molar-refractivity contribution in [3.8, 4) is 11.4 Å². The zero-order valence-corrected chi connectivity index (χ0v) is 11.9. The number of nitrogen functional groups attached to an aromatic ring is 1. The van der Waals surface area contributed by atoms with E-state index in [0.29, 0.717) is 28.1 Å². The van der Waals surface area contributed by atoms with Gasteiger partial charge in [0.25, 0.3) is 0 Å². The number of hydrogen-bond donors (Lipinski definition) is 1. The van der Waals surface area contributed by atoms with Crippen LogP contribution in [0.1, 0.15) is 5.89 Å². The zero-order valence-electron chi connectivity index (χ0n) is 10.2. The number of aromatic nitrogens is 2. The molecule has 0 bridgehead atoms. The van der Waals surface area contributed by atoms with Gasteiger partial charge in [-0.15, -0.1) is 11.8 Å². The van der Waals surface area contributed by atoms with Crippen molar-refractivity contribution in [3.63, 3.8) is 0 Å². The van der Waals surface area contributed by atoms with E-state index in [1.807, 2.05) is 16.8 Å². The van der Waals surface area contributed by atoms with Crippen LogP contribution in [-0.2, 0) is 5.75 Å². The molecule has 2 heterocycles. The molecule has 0 amide bonds. The fourth-order valence-corrected chi connectivity index (χ4v) is 3.06. The maximum Gasteiger partial charge on any atom is 0.237 e. The van der Waals surface area contributed by atoms with E-state index in [9.17, 15) is 4.39 Å². The van der Waals surface area contributed by atoms with Crippen LogP contribution in [0.4, 0.5) is 10.1 Å². The quantitative estimate of drug-likeness (QED) is 0.586. The predicted molar refractivity (Wildman–Crippen MR) is 78.0 cm³/mol. The molecule has 0 fully saturated rings. The highest BCUT2D eigenvalue weighted by molar-refractivity contribution is 7.98. The molecule has 0 aliphatic carbocycles. The van der Waals surface area contributed by atoms with E-state index in [1.165, 1.54) is 23.9 Å². The largest absolute Gasteiger partial charge is 0.398 e. The number of anilines is 1. The Morgan fingerprint density at radius 1 is 1.35 bits per heavy atom. The van der Waals surface area contributed by atoms with Gasteiger partial charge in [0, 0.05) is 21.5 Å². The normalized spacial score (nSPS) is 10.8. The van der Waals surface area contributed by atoms with Crippen molar-refractivity contribution in [2.45, 2.75) is 10.6 Å². The molecule has 1 aromatic carbocycles. The number of hydrogen-bond acceptors (Lipinski definition) is 6. The Bertz CT molecular complexity index is 712. The molecule has 3 aromatic rings. The predicted octanol–water partition coefficient (Wildman–Crippen LogP) is 3.81. The monoisotopic (exact) mass is 307 g/mol. The molecule has 3 rings (SSSR count). The standard InChI is InChI=1S/C13H10FN3OS2/c14-9-1-2-10(15)11(5-9)20-7-12-16-13(17-18-12)8-3-4-19-6-8/h1-6H,7,15H2. The Morgan fingerprint density at radius 2 is 2.25 bits per heavy atom. The van der Waals surface area contributed by atoms with Crippen LogP contribution in [0.2, 0.25) is 0 Å². The zero-order chi connectivity index (χ0) is 13.9. The van der Waals surface area contributed by atoms with E-state index >= 15 is 0 Å². The summed E-state index contributed by atoms with van der Waals surface area (Å²) in [5.41, 5.74) is 7.25. The van der Waals surface area contributed by atoms with Crippen molar-refractivity contribution < 1.29 is 8.91 Å². The summed E-state index contributed by atoms with van der Waals surface area (Å²) in [6.45, 7) is 0. The van der Waals surface area contributed by atoms with E-state index in [0.717, 1.165) is 5.56 Å². The molecule has 4 nitrogen and oxygen atoms in total. The van der Waals surface area contributed by atoms with Gasteiger partial charge in [-0.3, -0.25) is 0 Å². The van der Waals surface area contributed by atoms with Crippen molar-refractivity contribution in [1.29, 1.82) is 0 Å². The third-order valence-electron chi connectivity index (χ3n) is 2.57. The van der Waals surface area contributed by atoms with Crippen LogP contribution in [0.3, 0.4) is 0 Å². The molecule has 0 spiro atoms. The van der Waals surface area contributed by atoms with Gasteiger partial charge < -0.3 is 10.3 Å². The molecule has 102 valence electrons. The topological polar surface area (TPSA) is 64.9 Å². The van der Waals surface area contributed by atoms with Crippen LogP contribution in [-0.4, -0.2) is 10.1 Å². The van der Waals surface area contributed by atoms with Gasteiger partial charge in [-0.05, 0) is 29.6 Å². The first-order valence-electron chi connectivity index (χ1n) is 5.75. The Labute approximate surface area is 122 Å². The summed E-state index contributed by atoms with van der Waals surface area (Å²) in [6.07, 6.45) is 0. The van der Waals surface area contributed by atoms with Crippen LogP contribution >= 0.6 is 23.1 Å². The van der Waals surface area contributed by atoms with E-state index < -0.39 is 0 Å². The smallest absolute Gasteiger partial charge is 0.237 e. The minimum absolute atomic E-state index is 0.314. The summed E-state index contributed by atoms with van der Waals surface area (Å²) in [5, 5.41) is 7.82. The second-order valence-electron chi connectivity index (χ2n) is 3.99. The molecule has 0 saturated carbocycles. The van der Waals surface area contributed by atoms with Gasteiger partial charge in [0.15, 0.2) is 0 Å². The summed E-state index contributed by atoms with van der Waals surface area (Å²) in [7, 11) is 0. The van der Waals surface area contributed by atoms with Gasteiger partial charge in [0.2, 0.25) is 11.7 Å². The lowest BCUT2D eigenvalue weighted by Crippen LogP contribution is -1.90. The van der Waals surface area contributed by atoms with Gasteiger partial charge in [-0.1, -0.05) is 5.16 Å². The highest BCUT2D eigenvalue weighted by atomic mass is 32.2. The van der Waals surface area contributed by atoms with Crippen LogP contribution in [0, 0.1) is 5.82 Å². The molecule has 0 aliphatic heterocycles. The second-order valence-corrected chi connectivity index (χ2v) is 5.79. The summed E-state index contributed by atoms with van der Waals surface area (Å²) in [4.78, 5) is 4.96.